The molecule has 0 radical (unpaired) electrons. The molecule has 0 spiro atoms. The van der Waals surface area contributed by atoms with Gasteiger partial charge in [0.1, 0.15) is 5.60 Å². The third kappa shape index (κ3) is 2.13. The quantitative estimate of drug-likeness (QED) is 0.932. The highest BCUT2D eigenvalue weighted by Crippen LogP contribution is 2.29. The van der Waals surface area contributed by atoms with Crippen LogP contribution in [0.2, 0.25) is 0 Å². The van der Waals surface area contributed by atoms with E-state index < -0.39 is 5.60 Å². The smallest absolute Gasteiger partial charge is 0.228 e. The summed E-state index contributed by atoms with van der Waals surface area (Å²) in [4.78, 5) is 19.3. The number of amides is 1. The van der Waals surface area contributed by atoms with Crippen molar-refractivity contribution in [2.75, 3.05) is 13.1 Å². The van der Waals surface area contributed by atoms with Crippen molar-refractivity contribution in [2.24, 2.45) is 5.92 Å². The van der Waals surface area contributed by atoms with E-state index in [2.05, 4.69) is 4.98 Å². The summed E-state index contributed by atoms with van der Waals surface area (Å²) in [7, 11) is 0. The van der Waals surface area contributed by atoms with Crippen molar-refractivity contribution in [2.45, 2.75) is 32.8 Å². The van der Waals surface area contributed by atoms with Gasteiger partial charge < -0.3 is 10.0 Å². The summed E-state index contributed by atoms with van der Waals surface area (Å²) in [5.74, 6) is 0.247. The summed E-state index contributed by atoms with van der Waals surface area (Å²) >= 11 is 1.55. The second kappa shape index (κ2) is 4.56. The average molecular weight is 293 g/mol. The molecule has 3 heterocycles. The Hall–Kier alpha value is -1.40. The highest BCUT2D eigenvalue weighted by atomic mass is 32.1. The predicted molar refractivity (Wildman–Crippen MR) is 77.9 cm³/mol. The van der Waals surface area contributed by atoms with Crippen LogP contribution < -0.4 is 0 Å². The number of thiazole rings is 1. The molecule has 1 aliphatic rings. The van der Waals surface area contributed by atoms with E-state index in [1.807, 2.05) is 36.7 Å². The van der Waals surface area contributed by atoms with Gasteiger partial charge >= 0.3 is 0 Å². The first-order valence-electron chi connectivity index (χ1n) is 6.81. The highest BCUT2D eigenvalue weighted by molar-refractivity contribution is 7.15. The minimum atomic E-state index is -0.703. The Morgan fingerprint density at radius 1 is 1.55 bits per heavy atom. The van der Waals surface area contributed by atoms with Crippen molar-refractivity contribution >= 4 is 22.2 Å². The van der Waals surface area contributed by atoms with Gasteiger partial charge in [-0.1, -0.05) is 13.8 Å². The number of aryl methyl sites for hydroxylation is 1. The molecule has 0 aromatic carbocycles. The fourth-order valence-corrected chi connectivity index (χ4v) is 3.41. The topological polar surface area (TPSA) is 57.8 Å². The Morgan fingerprint density at radius 2 is 2.25 bits per heavy atom. The zero-order valence-corrected chi connectivity index (χ0v) is 12.8. The molecule has 1 saturated heterocycles. The minimum absolute atomic E-state index is 0.0707. The maximum atomic E-state index is 12.2. The van der Waals surface area contributed by atoms with Gasteiger partial charge in [-0.15, -0.1) is 11.3 Å². The summed E-state index contributed by atoms with van der Waals surface area (Å²) in [5.41, 5.74) is 1.23. The number of hydrogen-bond acceptors (Lipinski definition) is 4. The normalized spacial score (nSPS) is 17.8. The summed E-state index contributed by atoms with van der Waals surface area (Å²) in [6.07, 6.45) is 2.32. The van der Waals surface area contributed by atoms with Crippen LogP contribution >= 0.6 is 11.3 Å². The van der Waals surface area contributed by atoms with Crippen LogP contribution in [0.15, 0.2) is 11.6 Å². The maximum Gasteiger partial charge on any atom is 0.228 e. The largest absolute Gasteiger partial charge is 0.386 e. The number of β-amino-alcohol motifs (C(OH)–C–C–N with tert-alkyl or cyclic N) is 1. The Morgan fingerprint density at radius 3 is 2.90 bits per heavy atom. The van der Waals surface area contributed by atoms with Crippen molar-refractivity contribution < 1.29 is 9.90 Å². The van der Waals surface area contributed by atoms with E-state index in [1.165, 1.54) is 0 Å². The number of aliphatic hydroxyl groups is 1. The van der Waals surface area contributed by atoms with Gasteiger partial charge in [0.15, 0.2) is 4.96 Å². The molecule has 2 aromatic rings. The summed E-state index contributed by atoms with van der Waals surface area (Å²) in [6.45, 7) is 6.81. The number of hydrogen-bond donors (Lipinski definition) is 1. The molecule has 1 amide bonds. The third-order valence-electron chi connectivity index (χ3n) is 4.09. The Bertz CT molecular complexity index is 652. The van der Waals surface area contributed by atoms with Crippen molar-refractivity contribution in [3.63, 3.8) is 0 Å². The van der Waals surface area contributed by atoms with Crippen molar-refractivity contribution in [1.29, 1.82) is 0 Å². The second-order valence-corrected chi connectivity index (χ2v) is 6.78. The molecule has 5 nitrogen and oxygen atoms in total. The van der Waals surface area contributed by atoms with Crippen molar-refractivity contribution in [1.82, 2.24) is 14.3 Å². The van der Waals surface area contributed by atoms with E-state index >= 15 is 0 Å². The predicted octanol–water partition coefficient (Wildman–Crippen LogP) is 1.48. The molecular formula is C14H19N3O2S. The SMILES string of the molecule is Cc1cn2c(CC(=O)N3CC(O)(C(C)C)C3)csc2n1. The van der Waals surface area contributed by atoms with E-state index in [1.54, 1.807) is 16.2 Å². The molecule has 0 atom stereocenters. The van der Waals surface area contributed by atoms with Crippen LogP contribution in [0.4, 0.5) is 0 Å². The fraction of sp³-hybridized carbons (Fsp3) is 0.571. The molecule has 3 rings (SSSR count). The maximum absolute atomic E-state index is 12.2. The van der Waals surface area contributed by atoms with Crippen LogP contribution in [0.5, 0.6) is 0 Å². The molecule has 1 aliphatic heterocycles. The van der Waals surface area contributed by atoms with E-state index in [-0.39, 0.29) is 11.8 Å². The number of rotatable bonds is 3. The fourth-order valence-electron chi connectivity index (χ4n) is 2.49. The summed E-state index contributed by atoms with van der Waals surface area (Å²) < 4.78 is 1.98. The van der Waals surface area contributed by atoms with Crippen LogP contribution in [-0.2, 0) is 11.2 Å². The number of fused-ring (bicyclic) bond motifs is 1. The number of aromatic nitrogens is 2. The zero-order valence-electron chi connectivity index (χ0n) is 12.0. The molecule has 0 unspecified atom stereocenters. The van der Waals surface area contributed by atoms with Crippen LogP contribution in [0.25, 0.3) is 4.96 Å². The first-order valence-corrected chi connectivity index (χ1v) is 7.69. The molecule has 20 heavy (non-hydrogen) atoms. The molecule has 1 fully saturated rings. The van der Waals surface area contributed by atoms with Crippen LogP contribution in [-0.4, -0.2) is 44.0 Å². The number of nitrogens with zero attached hydrogens (tertiary/aromatic N) is 3. The number of carbonyl (C=O) groups excluding carboxylic acids is 1. The minimum Gasteiger partial charge on any atom is -0.386 e. The molecule has 108 valence electrons. The Balaban J connectivity index is 1.68. The van der Waals surface area contributed by atoms with Gasteiger partial charge in [-0.25, -0.2) is 4.98 Å². The lowest BCUT2D eigenvalue weighted by molar-refractivity contribution is -0.163. The molecule has 1 N–H and O–H groups in total. The molecule has 2 aromatic heterocycles. The van der Waals surface area contributed by atoms with Gasteiger partial charge in [-0.3, -0.25) is 9.20 Å². The standard InChI is InChI=1S/C14H19N3O2S/c1-9(2)14(19)7-16(8-14)12(18)4-11-6-20-13-15-10(3)5-17(11)13/h5-6,9,19H,4,7-8H2,1-3H3. The van der Waals surface area contributed by atoms with Gasteiger partial charge in [-0.2, -0.15) is 0 Å². The molecule has 6 heteroatoms. The van der Waals surface area contributed by atoms with Crippen molar-refractivity contribution in [3.8, 4) is 0 Å². The molecule has 0 saturated carbocycles. The van der Waals surface area contributed by atoms with E-state index in [4.69, 9.17) is 0 Å². The Labute approximate surface area is 121 Å². The van der Waals surface area contributed by atoms with Gasteiger partial charge in [0.25, 0.3) is 0 Å². The van der Waals surface area contributed by atoms with E-state index in [9.17, 15) is 9.90 Å². The first-order chi connectivity index (χ1) is 9.39. The summed E-state index contributed by atoms with van der Waals surface area (Å²) in [6, 6.07) is 0. The van der Waals surface area contributed by atoms with Crippen LogP contribution in [0.3, 0.4) is 0 Å². The number of carbonyl (C=O) groups is 1. The Kier molecular flexibility index (Phi) is 3.10. The lowest BCUT2D eigenvalue weighted by atomic mass is 9.83. The second-order valence-electron chi connectivity index (χ2n) is 5.95. The monoisotopic (exact) mass is 293 g/mol. The molecular weight excluding hydrogens is 274 g/mol. The molecule has 0 aliphatic carbocycles. The van der Waals surface area contributed by atoms with Gasteiger partial charge in [0.2, 0.25) is 5.91 Å². The number of likely N-dealkylation sites (tertiary alicyclic amines) is 1. The lowest BCUT2D eigenvalue weighted by Gasteiger charge is -2.49. The average Bonchev–Trinajstić information content (AvgIpc) is 2.85. The van der Waals surface area contributed by atoms with Crippen LogP contribution in [0.1, 0.15) is 25.2 Å². The van der Waals surface area contributed by atoms with E-state index in [0.717, 1.165) is 16.3 Å². The van der Waals surface area contributed by atoms with Gasteiger partial charge in [-0.05, 0) is 12.8 Å². The van der Waals surface area contributed by atoms with E-state index in [0.29, 0.717) is 19.5 Å². The third-order valence-corrected chi connectivity index (χ3v) is 4.98. The number of imidazole rings is 1. The molecule has 0 bridgehead atoms. The highest BCUT2D eigenvalue weighted by Gasteiger charge is 2.45. The lowest BCUT2D eigenvalue weighted by Crippen LogP contribution is -2.66. The van der Waals surface area contributed by atoms with Crippen molar-refractivity contribution in [3.05, 3.63) is 23.0 Å². The summed E-state index contributed by atoms with van der Waals surface area (Å²) in [5, 5.41) is 12.2. The van der Waals surface area contributed by atoms with Gasteiger partial charge in [0.05, 0.1) is 25.2 Å². The first kappa shape index (κ1) is 13.6. The van der Waals surface area contributed by atoms with Gasteiger partial charge in [0, 0.05) is 17.3 Å². The zero-order chi connectivity index (χ0) is 14.5. The van der Waals surface area contributed by atoms with Crippen LogP contribution in [0, 0.1) is 12.8 Å².